The predicted molar refractivity (Wildman–Crippen MR) is 55.2 cm³/mol. The van der Waals surface area contributed by atoms with Crippen LogP contribution in [0.5, 0.6) is 0 Å². The SMILES string of the molecule is CCCC1CC1(C)C(CC)CC. The molecule has 1 saturated carbocycles. The summed E-state index contributed by atoms with van der Waals surface area (Å²) in [5, 5.41) is 0. The molecular weight excluding hydrogens is 144 g/mol. The van der Waals surface area contributed by atoms with Crippen molar-refractivity contribution < 1.29 is 0 Å². The first-order valence-corrected chi connectivity index (χ1v) is 5.69. The summed E-state index contributed by atoms with van der Waals surface area (Å²) < 4.78 is 0. The zero-order valence-corrected chi connectivity index (χ0v) is 9.19. The highest BCUT2D eigenvalue weighted by Gasteiger charge is 2.52. The molecule has 0 aromatic heterocycles. The van der Waals surface area contributed by atoms with Crippen molar-refractivity contribution in [3.05, 3.63) is 0 Å². The van der Waals surface area contributed by atoms with Crippen LogP contribution in [0.15, 0.2) is 0 Å². The fourth-order valence-corrected chi connectivity index (χ4v) is 2.97. The van der Waals surface area contributed by atoms with E-state index in [1.165, 1.54) is 32.1 Å². The highest BCUT2D eigenvalue weighted by atomic mass is 14.6. The van der Waals surface area contributed by atoms with Crippen LogP contribution in [-0.2, 0) is 0 Å². The molecule has 0 aliphatic heterocycles. The van der Waals surface area contributed by atoms with Crippen molar-refractivity contribution in [2.45, 2.75) is 59.8 Å². The van der Waals surface area contributed by atoms with Crippen molar-refractivity contribution in [3.63, 3.8) is 0 Å². The van der Waals surface area contributed by atoms with Gasteiger partial charge in [0.05, 0.1) is 0 Å². The molecule has 0 heteroatoms. The zero-order valence-electron chi connectivity index (χ0n) is 9.19. The third kappa shape index (κ3) is 1.67. The van der Waals surface area contributed by atoms with E-state index in [1.807, 2.05) is 0 Å². The Balaban J connectivity index is 2.41. The van der Waals surface area contributed by atoms with Gasteiger partial charge in [0.15, 0.2) is 0 Å². The molecule has 1 rings (SSSR count). The maximum absolute atomic E-state index is 2.50. The third-order valence-electron chi connectivity index (χ3n) is 4.01. The summed E-state index contributed by atoms with van der Waals surface area (Å²) >= 11 is 0. The Hall–Kier alpha value is 0. The molecule has 2 unspecified atom stereocenters. The average Bonchev–Trinajstić information content (AvgIpc) is 2.66. The first-order chi connectivity index (χ1) is 5.69. The van der Waals surface area contributed by atoms with Crippen LogP contribution >= 0.6 is 0 Å². The molecule has 0 amide bonds. The van der Waals surface area contributed by atoms with Gasteiger partial charge in [-0.25, -0.2) is 0 Å². The van der Waals surface area contributed by atoms with Gasteiger partial charge in [-0.15, -0.1) is 0 Å². The summed E-state index contributed by atoms with van der Waals surface area (Å²) in [6.07, 6.45) is 7.11. The number of rotatable bonds is 5. The molecule has 0 N–H and O–H groups in total. The van der Waals surface area contributed by atoms with Crippen LogP contribution in [0.3, 0.4) is 0 Å². The molecule has 1 fully saturated rings. The highest BCUT2D eigenvalue weighted by molar-refractivity contribution is 5.01. The molecule has 0 heterocycles. The first kappa shape index (κ1) is 10.1. The zero-order chi connectivity index (χ0) is 9.19. The van der Waals surface area contributed by atoms with Crippen molar-refractivity contribution >= 4 is 0 Å². The second kappa shape index (κ2) is 3.81. The first-order valence-electron chi connectivity index (χ1n) is 5.69. The van der Waals surface area contributed by atoms with Gasteiger partial charge in [-0.1, -0.05) is 53.4 Å². The van der Waals surface area contributed by atoms with E-state index in [0.717, 1.165) is 17.3 Å². The van der Waals surface area contributed by atoms with Gasteiger partial charge in [-0.2, -0.15) is 0 Å². The fourth-order valence-electron chi connectivity index (χ4n) is 2.97. The highest BCUT2D eigenvalue weighted by Crippen LogP contribution is 2.61. The van der Waals surface area contributed by atoms with Crippen LogP contribution in [0.4, 0.5) is 0 Å². The Morgan fingerprint density at radius 3 is 2.25 bits per heavy atom. The van der Waals surface area contributed by atoms with Crippen molar-refractivity contribution in [2.75, 3.05) is 0 Å². The van der Waals surface area contributed by atoms with Gasteiger partial charge in [0.1, 0.15) is 0 Å². The van der Waals surface area contributed by atoms with Gasteiger partial charge in [0, 0.05) is 0 Å². The van der Waals surface area contributed by atoms with Gasteiger partial charge in [0.2, 0.25) is 0 Å². The smallest absolute Gasteiger partial charge is 0.0266 e. The normalized spacial score (nSPS) is 34.2. The van der Waals surface area contributed by atoms with Crippen molar-refractivity contribution in [2.24, 2.45) is 17.3 Å². The van der Waals surface area contributed by atoms with E-state index in [2.05, 4.69) is 27.7 Å². The molecule has 1 aliphatic rings. The minimum absolute atomic E-state index is 0.736. The van der Waals surface area contributed by atoms with Crippen LogP contribution < -0.4 is 0 Å². The molecule has 12 heavy (non-hydrogen) atoms. The van der Waals surface area contributed by atoms with Crippen LogP contribution in [0, 0.1) is 17.3 Å². The second-order valence-corrected chi connectivity index (χ2v) is 4.71. The summed E-state index contributed by atoms with van der Waals surface area (Å²) in [5.74, 6) is 2.06. The maximum atomic E-state index is 2.50. The van der Waals surface area contributed by atoms with Gasteiger partial charge >= 0.3 is 0 Å². The van der Waals surface area contributed by atoms with Gasteiger partial charge in [-0.05, 0) is 23.7 Å². The maximum Gasteiger partial charge on any atom is -0.0266 e. The second-order valence-electron chi connectivity index (χ2n) is 4.71. The Kier molecular flexibility index (Phi) is 3.20. The van der Waals surface area contributed by atoms with Gasteiger partial charge in [-0.3, -0.25) is 0 Å². The molecule has 0 aromatic carbocycles. The Morgan fingerprint density at radius 1 is 1.25 bits per heavy atom. The molecular formula is C12H24. The number of hydrogen-bond acceptors (Lipinski definition) is 0. The van der Waals surface area contributed by atoms with Crippen molar-refractivity contribution in [1.29, 1.82) is 0 Å². The lowest BCUT2D eigenvalue weighted by molar-refractivity contribution is 0.282. The predicted octanol–water partition coefficient (Wildman–Crippen LogP) is 4.25. The van der Waals surface area contributed by atoms with Crippen LogP contribution in [0.1, 0.15) is 59.8 Å². The summed E-state index contributed by atoms with van der Waals surface area (Å²) in [6, 6.07) is 0. The standard InChI is InChI=1S/C12H24/c1-5-8-11-9-12(11,4)10(6-2)7-3/h10-11H,5-9H2,1-4H3. The fraction of sp³-hybridized carbons (Fsp3) is 1.00. The van der Waals surface area contributed by atoms with E-state index in [9.17, 15) is 0 Å². The van der Waals surface area contributed by atoms with Crippen molar-refractivity contribution in [3.8, 4) is 0 Å². The quantitative estimate of drug-likeness (QED) is 0.575. The van der Waals surface area contributed by atoms with Crippen LogP contribution in [0.2, 0.25) is 0 Å². The van der Waals surface area contributed by atoms with E-state index >= 15 is 0 Å². The van der Waals surface area contributed by atoms with E-state index in [0.29, 0.717) is 0 Å². The summed E-state index contributed by atoms with van der Waals surface area (Å²) in [4.78, 5) is 0. The largest absolute Gasteiger partial charge is 0.0654 e. The Morgan fingerprint density at radius 2 is 1.83 bits per heavy atom. The molecule has 0 saturated heterocycles. The Bertz CT molecular complexity index is 135. The Labute approximate surface area is 77.7 Å². The average molecular weight is 168 g/mol. The molecule has 0 spiro atoms. The molecule has 0 radical (unpaired) electrons. The van der Waals surface area contributed by atoms with E-state index in [1.54, 1.807) is 0 Å². The lowest BCUT2D eigenvalue weighted by atomic mass is 9.84. The van der Waals surface area contributed by atoms with E-state index in [-0.39, 0.29) is 0 Å². The lowest BCUT2D eigenvalue weighted by Crippen LogP contribution is -2.13. The van der Waals surface area contributed by atoms with Gasteiger partial charge < -0.3 is 0 Å². The molecule has 72 valence electrons. The van der Waals surface area contributed by atoms with Crippen LogP contribution in [-0.4, -0.2) is 0 Å². The summed E-state index contributed by atoms with van der Waals surface area (Å²) in [7, 11) is 0. The lowest BCUT2D eigenvalue weighted by Gasteiger charge is -2.22. The van der Waals surface area contributed by atoms with E-state index in [4.69, 9.17) is 0 Å². The summed E-state index contributed by atoms with van der Waals surface area (Å²) in [6.45, 7) is 9.51. The molecule has 1 aliphatic carbocycles. The summed E-state index contributed by atoms with van der Waals surface area (Å²) in [5.41, 5.74) is 0.736. The molecule has 0 bridgehead atoms. The molecule has 0 aromatic rings. The third-order valence-corrected chi connectivity index (χ3v) is 4.01. The molecule has 0 nitrogen and oxygen atoms in total. The monoisotopic (exact) mass is 168 g/mol. The van der Waals surface area contributed by atoms with E-state index < -0.39 is 0 Å². The minimum Gasteiger partial charge on any atom is -0.0654 e. The van der Waals surface area contributed by atoms with Gasteiger partial charge in [0.25, 0.3) is 0 Å². The molecule has 2 atom stereocenters. The number of hydrogen-bond donors (Lipinski definition) is 0. The topological polar surface area (TPSA) is 0 Å². The minimum atomic E-state index is 0.736. The van der Waals surface area contributed by atoms with Crippen molar-refractivity contribution in [1.82, 2.24) is 0 Å². The van der Waals surface area contributed by atoms with Crippen LogP contribution in [0.25, 0.3) is 0 Å².